The fraction of sp³-hybridized carbons (Fsp3) is 0. The average Bonchev–Trinajstić information content (AvgIpc) is 2.29. The van der Waals surface area contributed by atoms with Crippen molar-refractivity contribution in [1.82, 2.24) is 9.97 Å². The van der Waals surface area contributed by atoms with Gasteiger partial charge in [0.05, 0.1) is 5.56 Å². The van der Waals surface area contributed by atoms with Gasteiger partial charge in [-0.1, -0.05) is 0 Å². The zero-order valence-electron chi connectivity index (χ0n) is 8.14. The maximum Gasteiger partial charge on any atom is 0.251 e. The SMILES string of the molecule is N#Cc1cc(-c2nccc(=O)[nH]2)ccc1O. The molecule has 0 radical (unpaired) electrons. The van der Waals surface area contributed by atoms with Crippen LogP contribution in [0.4, 0.5) is 0 Å². The molecule has 2 N–H and O–H groups in total. The highest BCUT2D eigenvalue weighted by Gasteiger charge is 2.05. The van der Waals surface area contributed by atoms with Crippen molar-refractivity contribution in [2.45, 2.75) is 0 Å². The van der Waals surface area contributed by atoms with Crippen LogP contribution in [0.25, 0.3) is 11.4 Å². The molecule has 0 unspecified atom stereocenters. The van der Waals surface area contributed by atoms with Gasteiger partial charge < -0.3 is 10.1 Å². The number of hydrogen-bond donors (Lipinski definition) is 2. The summed E-state index contributed by atoms with van der Waals surface area (Å²) in [6.45, 7) is 0. The van der Waals surface area contributed by atoms with Crippen molar-refractivity contribution in [3.8, 4) is 23.2 Å². The van der Waals surface area contributed by atoms with E-state index in [9.17, 15) is 9.90 Å². The van der Waals surface area contributed by atoms with Crippen molar-refractivity contribution in [2.24, 2.45) is 0 Å². The van der Waals surface area contributed by atoms with E-state index in [0.29, 0.717) is 11.4 Å². The van der Waals surface area contributed by atoms with Gasteiger partial charge in [-0.2, -0.15) is 5.26 Å². The van der Waals surface area contributed by atoms with E-state index in [-0.39, 0.29) is 16.9 Å². The molecule has 0 amide bonds. The summed E-state index contributed by atoms with van der Waals surface area (Å²) in [5.41, 5.74) is 0.452. The molecule has 1 aromatic heterocycles. The van der Waals surface area contributed by atoms with Crippen LogP contribution in [0.15, 0.2) is 35.3 Å². The Labute approximate surface area is 90.6 Å². The van der Waals surface area contributed by atoms with E-state index in [4.69, 9.17) is 5.26 Å². The highest BCUT2D eigenvalue weighted by Crippen LogP contribution is 2.22. The fourth-order valence-corrected chi connectivity index (χ4v) is 1.29. The lowest BCUT2D eigenvalue weighted by molar-refractivity contribution is 0.473. The van der Waals surface area contributed by atoms with Gasteiger partial charge in [-0.05, 0) is 18.2 Å². The Balaban J connectivity index is 2.58. The van der Waals surface area contributed by atoms with Crippen LogP contribution in [0.5, 0.6) is 5.75 Å². The van der Waals surface area contributed by atoms with Gasteiger partial charge in [0.1, 0.15) is 17.6 Å². The summed E-state index contributed by atoms with van der Waals surface area (Å²) in [7, 11) is 0. The van der Waals surface area contributed by atoms with Gasteiger partial charge in [-0.15, -0.1) is 0 Å². The maximum absolute atomic E-state index is 11.1. The number of aromatic nitrogens is 2. The molecule has 0 bridgehead atoms. The second kappa shape index (κ2) is 3.87. The Kier molecular flexibility index (Phi) is 2.40. The van der Waals surface area contributed by atoms with Crippen LogP contribution in [-0.4, -0.2) is 15.1 Å². The van der Waals surface area contributed by atoms with Crippen LogP contribution in [0.1, 0.15) is 5.56 Å². The third-order valence-corrected chi connectivity index (χ3v) is 2.06. The molecule has 0 atom stereocenters. The number of nitrogens with zero attached hydrogens (tertiary/aromatic N) is 2. The van der Waals surface area contributed by atoms with Crippen LogP contribution in [0.2, 0.25) is 0 Å². The van der Waals surface area contributed by atoms with E-state index in [2.05, 4.69) is 9.97 Å². The molecule has 1 aromatic carbocycles. The lowest BCUT2D eigenvalue weighted by Gasteiger charge is -2.01. The topological polar surface area (TPSA) is 89.8 Å². The number of hydrogen-bond acceptors (Lipinski definition) is 4. The van der Waals surface area contributed by atoms with Gasteiger partial charge in [0.2, 0.25) is 0 Å². The van der Waals surface area contributed by atoms with Crippen molar-refractivity contribution < 1.29 is 5.11 Å². The number of nitrogens with one attached hydrogen (secondary N) is 1. The number of phenolic OH excluding ortho intramolecular Hbond substituents is 1. The third kappa shape index (κ3) is 1.77. The molecule has 1 heterocycles. The molecule has 0 aliphatic heterocycles. The lowest BCUT2D eigenvalue weighted by atomic mass is 10.1. The van der Waals surface area contributed by atoms with Gasteiger partial charge in [-0.25, -0.2) is 4.98 Å². The van der Waals surface area contributed by atoms with E-state index in [1.165, 1.54) is 24.4 Å². The van der Waals surface area contributed by atoms with E-state index in [1.54, 1.807) is 6.07 Å². The van der Waals surface area contributed by atoms with Gasteiger partial charge in [0.15, 0.2) is 0 Å². The molecule has 0 aliphatic carbocycles. The first-order valence-corrected chi connectivity index (χ1v) is 4.49. The molecule has 5 heteroatoms. The molecule has 2 rings (SSSR count). The zero-order valence-corrected chi connectivity index (χ0v) is 8.14. The van der Waals surface area contributed by atoms with Crippen LogP contribution in [0.3, 0.4) is 0 Å². The molecule has 78 valence electrons. The number of nitriles is 1. The minimum atomic E-state index is -0.267. The number of benzene rings is 1. The number of phenols is 1. The molecule has 0 saturated heterocycles. The van der Waals surface area contributed by atoms with Crippen LogP contribution < -0.4 is 5.56 Å². The van der Waals surface area contributed by atoms with Crippen LogP contribution in [-0.2, 0) is 0 Å². The monoisotopic (exact) mass is 213 g/mol. The van der Waals surface area contributed by atoms with Crippen molar-refractivity contribution in [2.75, 3.05) is 0 Å². The van der Waals surface area contributed by atoms with E-state index >= 15 is 0 Å². The van der Waals surface area contributed by atoms with Crippen LogP contribution >= 0.6 is 0 Å². The van der Waals surface area contributed by atoms with Crippen molar-refractivity contribution in [3.63, 3.8) is 0 Å². The minimum absolute atomic E-state index is 0.0930. The van der Waals surface area contributed by atoms with E-state index in [1.807, 2.05) is 6.07 Å². The van der Waals surface area contributed by atoms with E-state index < -0.39 is 0 Å². The lowest BCUT2D eigenvalue weighted by Crippen LogP contribution is -2.05. The van der Waals surface area contributed by atoms with Gasteiger partial charge >= 0.3 is 0 Å². The molecule has 0 saturated carbocycles. The summed E-state index contributed by atoms with van der Waals surface area (Å²) in [5.74, 6) is 0.272. The normalized spacial score (nSPS) is 9.69. The number of aromatic hydroxyl groups is 1. The molecular formula is C11H7N3O2. The predicted octanol–water partition coefficient (Wildman–Crippen LogP) is 1.01. The van der Waals surface area contributed by atoms with Gasteiger partial charge in [-0.3, -0.25) is 4.79 Å². The van der Waals surface area contributed by atoms with E-state index in [0.717, 1.165) is 0 Å². The quantitative estimate of drug-likeness (QED) is 0.739. The number of H-pyrrole nitrogens is 1. The Morgan fingerprint density at radius 1 is 1.38 bits per heavy atom. The molecule has 5 nitrogen and oxygen atoms in total. The summed E-state index contributed by atoms with van der Waals surface area (Å²) in [5, 5.41) is 18.1. The fourth-order valence-electron chi connectivity index (χ4n) is 1.29. The summed E-state index contributed by atoms with van der Waals surface area (Å²) in [6.07, 6.45) is 1.38. The highest BCUT2D eigenvalue weighted by molar-refractivity contribution is 5.60. The van der Waals surface area contributed by atoms with Crippen molar-refractivity contribution in [3.05, 3.63) is 46.4 Å². The van der Waals surface area contributed by atoms with Crippen molar-refractivity contribution in [1.29, 1.82) is 5.26 Å². The summed E-state index contributed by atoms with van der Waals surface area (Å²) >= 11 is 0. The second-order valence-corrected chi connectivity index (χ2v) is 3.13. The first-order chi connectivity index (χ1) is 7.70. The first-order valence-electron chi connectivity index (χ1n) is 4.49. The largest absolute Gasteiger partial charge is 0.507 e. The Bertz CT molecular complexity index is 626. The summed E-state index contributed by atoms with van der Waals surface area (Å²) in [6, 6.07) is 7.58. The zero-order chi connectivity index (χ0) is 11.5. The Hall–Kier alpha value is -2.61. The molecule has 0 spiro atoms. The van der Waals surface area contributed by atoms with Gasteiger partial charge in [0.25, 0.3) is 5.56 Å². The number of aromatic amines is 1. The molecular weight excluding hydrogens is 206 g/mol. The predicted molar refractivity (Wildman–Crippen MR) is 56.7 cm³/mol. The summed E-state index contributed by atoms with van der Waals surface area (Å²) < 4.78 is 0. The molecule has 0 fully saturated rings. The minimum Gasteiger partial charge on any atom is -0.507 e. The highest BCUT2D eigenvalue weighted by atomic mass is 16.3. The number of rotatable bonds is 1. The summed E-state index contributed by atoms with van der Waals surface area (Å²) in [4.78, 5) is 17.6. The van der Waals surface area contributed by atoms with Crippen LogP contribution in [0, 0.1) is 11.3 Å². The standard InChI is InChI=1S/C11H7N3O2/c12-6-8-5-7(1-2-9(8)15)11-13-4-3-10(16)14-11/h1-5,15H,(H,13,14,16). The third-order valence-electron chi connectivity index (χ3n) is 2.06. The first kappa shape index (κ1) is 9.93. The molecule has 0 aliphatic rings. The Morgan fingerprint density at radius 3 is 2.88 bits per heavy atom. The van der Waals surface area contributed by atoms with Gasteiger partial charge in [0, 0.05) is 17.8 Å². The molecule has 2 aromatic rings. The average molecular weight is 213 g/mol. The smallest absolute Gasteiger partial charge is 0.251 e. The second-order valence-electron chi connectivity index (χ2n) is 3.13. The van der Waals surface area contributed by atoms with Crippen molar-refractivity contribution >= 4 is 0 Å². The molecule has 16 heavy (non-hydrogen) atoms. The Morgan fingerprint density at radius 2 is 2.19 bits per heavy atom. The maximum atomic E-state index is 11.1.